The van der Waals surface area contributed by atoms with Crippen LogP contribution in [-0.2, 0) is 6.54 Å². The Morgan fingerprint density at radius 2 is 2.22 bits per heavy atom. The molecule has 0 aliphatic carbocycles. The van der Waals surface area contributed by atoms with Gasteiger partial charge in [-0.1, -0.05) is 0 Å². The van der Waals surface area contributed by atoms with Crippen molar-refractivity contribution in [1.82, 2.24) is 9.97 Å². The number of halogens is 1. The predicted molar refractivity (Wildman–Crippen MR) is 64.3 cm³/mol. The number of hydrogen-bond donors (Lipinski definition) is 2. The number of nitrogens with two attached hydrogens (primary N) is 1. The van der Waals surface area contributed by atoms with Crippen LogP contribution < -0.4 is 11.1 Å². The summed E-state index contributed by atoms with van der Waals surface area (Å²) >= 11 is 0. The topological polar surface area (TPSA) is 80.9 Å². The Labute approximate surface area is 103 Å². The van der Waals surface area contributed by atoms with Gasteiger partial charge in [-0.3, -0.25) is 4.79 Å². The van der Waals surface area contributed by atoms with Crippen LogP contribution in [0.1, 0.15) is 16.1 Å². The first kappa shape index (κ1) is 12.0. The van der Waals surface area contributed by atoms with E-state index in [1.165, 1.54) is 24.5 Å². The lowest BCUT2D eigenvalue weighted by atomic mass is 10.2. The van der Waals surface area contributed by atoms with Crippen LogP contribution in [0, 0.1) is 5.82 Å². The third kappa shape index (κ3) is 2.79. The zero-order valence-corrected chi connectivity index (χ0v) is 9.43. The summed E-state index contributed by atoms with van der Waals surface area (Å²) in [4.78, 5) is 18.8. The van der Waals surface area contributed by atoms with Gasteiger partial charge in [-0.05, 0) is 24.3 Å². The Balaban J connectivity index is 2.14. The largest absolute Gasteiger partial charge is 0.377 e. The summed E-state index contributed by atoms with van der Waals surface area (Å²) in [6.07, 6.45) is 3.01. The molecule has 0 bridgehead atoms. The van der Waals surface area contributed by atoms with Crippen molar-refractivity contribution in [3.05, 3.63) is 53.9 Å². The molecule has 6 heteroatoms. The highest BCUT2D eigenvalue weighted by molar-refractivity contribution is 5.93. The molecule has 1 amide bonds. The minimum absolute atomic E-state index is 0.213. The number of hydrogen-bond acceptors (Lipinski definition) is 4. The average molecular weight is 246 g/mol. The molecular weight excluding hydrogens is 235 g/mol. The summed E-state index contributed by atoms with van der Waals surface area (Å²) < 4.78 is 13.5. The predicted octanol–water partition coefficient (Wildman–Crippen LogP) is 1.33. The van der Waals surface area contributed by atoms with Gasteiger partial charge in [-0.15, -0.1) is 0 Å². The number of nitrogens with zero attached hydrogens (tertiary/aromatic N) is 2. The molecule has 0 unspecified atom stereocenters. The van der Waals surface area contributed by atoms with Crippen molar-refractivity contribution in [2.24, 2.45) is 5.73 Å². The number of carbonyl (C=O) groups excluding carboxylic acids is 1. The molecular formula is C12H11FN4O. The van der Waals surface area contributed by atoms with E-state index in [-0.39, 0.29) is 11.3 Å². The highest BCUT2D eigenvalue weighted by Crippen LogP contribution is 2.16. The van der Waals surface area contributed by atoms with Gasteiger partial charge in [0, 0.05) is 11.8 Å². The Bertz CT molecular complexity index is 559. The molecule has 1 heterocycles. The summed E-state index contributed by atoms with van der Waals surface area (Å²) in [5, 5.41) is 2.85. The van der Waals surface area contributed by atoms with E-state index in [0.717, 1.165) is 0 Å². The van der Waals surface area contributed by atoms with Crippen LogP contribution in [0.25, 0.3) is 0 Å². The highest BCUT2D eigenvalue weighted by atomic mass is 19.1. The molecule has 0 spiro atoms. The molecule has 2 aromatic rings. The number of rotatable bonds is 4. The highest BCUT2D eigenvalue weighted by Gasteiger charge is 2.06. The van der Waals surface area contributed by atoms with Crippen molar-refractivity contribution >= 4 is 11.6 Å². The van der Waals surface area contributed by atoms with Crippen molar-refractivity contribution < 1.29 is 9.18 Å². The molecule has 0 radical (unpaired) electrons. The molecule has 1 aromatic carbocycles. The summed E-state index contributed by atoms with van der Waals surface area (Å²) in [6, 6.07) is 5.62. The smallest absolute Gasteiger partial charge is 0.248 e. The monoisotopic (exact) mass is 246 g/mol. The van der Waals surface area contributed by atoms with Crippen LogP contribution in [0.5, 0.6) is 0 Å². The Morgan fingerprint density at radius 1 is 1.39 bits per heavy atom. The van der Waals surface area contributed by atoms with Crippen LogP contribution >= 0.6 is 0 Å². The van der Waals surface area contributed by atoms with Crippen LogP contribution in [0.4, 0.5) is 10.1 Å². The summed E-state index contributed by atoms with van der Waals surface area (Å²) in [5.41, 5.74) is 6.31. The first-order chi connectivity index (χ1) is 8.66. The molecule has 18 heavy (non-hydrogen) atoms. The van der Waals surface area contributed by atoms with E-state index in [2.05, 4.69) is 15.3 Å². The Hall–Kier alpha value is -2.50. The third-order valence-corrected chi connectivity index (χ3v) is 2.35. The molecule has 5 nitrogen and oxygen atoms in total. The number of primary amides is 1. The number of benzene rings is 1. The zero-order chi connectivity index (χ0) is 13.0. The summed E-state index contributed by atoms with van der Waals surface area (Å²) in [7, 11) is 0. The lowest BCUT2D eigenvalue weighted by molar-refractivity contribution is 0.100. The van der Waals surface area contributed by atoms with E-state index in [9.17, 15) is 9.18 Å². The maximum Gasteiger partial charge on any atom is 0.248 e. The standard InChI is InChI=1S/C12H11FN4O/c13-10-2-1-8(12(14)18)5-11(10)16-6-9-3-4-15-7-17-9/h1-5,7,16H,6H2,(H2,14,18). The third-order valence-electron chi connectivity index (χ3n) is 2.35. The minimum atomic E-state index is -0.597. The number of aromatic nitrogens is 2. The molecule has 92 valence electrons. The van der Waals surface area contributed by atoms with Gasteiger partial charge in [0.05, 0.1) is 17.9 Å². The number of nitrogens with one attached hydrogen (secondary N) is 1. The second kappa shape index (κ2) is 5.22. The maximum atomic E-state index is 13.5. The fourth-order valence-corrected chi connectivity index (χ4v) is 1.42. The molecule has 0 atom stereocenters. The van der Waals surface area contributed by atoms with Crippen molar-refractivity contribution in [3.8, 4) is 0 Å². The molecule has 2 rings (SSSR count). The van der Waals surface area contributed by atoms with Crippen LogP contribution in [0.3, 0.4) is 0 Å². The van der Waals surface area contributed by atoms with Gasteiger partial charge in [-0.25, -0.2) is 14.4 Å². The van der Waals surface area contributed by atoms with E-state index in [1.807, 2.05) is 0 Å². The summed E-state index contributed by atoms with van der Waals surface area (Å²) in [5.74, 6) is -1.05. The van der Waals surface area contributed by atoms with Gasteiger partial charge in [0.15, 0.2) is 0 Å². The fraction of sp³-hybridized carbons (Fsp3) is 0.0833. The second-order valence-electron chi connectivity index (χ2n) is 3.61. The molecule has 1 aromatic heterocycles. The van der Waals surface area contributed by atoms with E-state index in [1.54, 1.807) is 12.3 Å². The lowest BCUT2D eigenvalue weighted by Gasteiger charge is -2.08. The number of amides is 1. The quantitative estimate of drug-likeness (QED) is 0.852. The van der Waals surface area contributed by atoms with E-state index < -0.39 is 11.7 Å². The van der Waals surface area contributed by atoms with Crippen LogP contribution in [0.2, 0.25) is 0 Å². The SMILES string of the molecule is NC(=O)c1ccc(F)c(NCc2ccncn2)c1. The second-order valence-corrected chi connectivity index (χ2v) is 3.61. The van der Waals surface area contributed by atoms with Gasteiger partial charge in [-0.2, -0.15) is 0 Å². The average Bonchev–Trinajstić information content (AvgIpc) is 2.38. The van der Waals surface area contributed by atoms with Gasteiger partial charge in [0.1, 0.15) is 12.1 Å². The molecule has 0 aliphatic heterocycles. The normalized spacial score (nSPS) is 10.1. The lowest BCUT2D eigenvalue weighted by Crippen LogP contribution is -2.12. The molecule has 0 aliphatic rings. The van der Waals surface area contributed by atoms with Crippen LogP contribution in [-0.4, -0.2) is 15.9 Å². The van der Waals surface area contributed by atoms with E-state index >= 15 is 0 Å². The Kier molecular flexibility index (Phi) is 3.47. The first-order valence-corrected chi connectivity index (χ1v) is 5.25. The maximum absolute atomic E-state index is 13.5. The van der Waals surface area contributed by atoms with Crippen molar-refractivity contribution in [2.75, 3.05) is 5.32 Å². The molecule has 3 N–H and O–H groups in total. The van der Waals surface area contributed by atoms with E-state index in [4.69, 9.17) is 5.73 Å². The molecule has 0 saturated carbocycles. The number of carbonyl (C=O) groups is 1. The van der Waals surface area contributed by atoms with Gasteiger partial charge in [0.25, 0.3) is 0 Å². The van der Waals surface area contributed by atoms with Crippen molar-refractivity contribution in [3.63, 3.8) is 0 Å². The first-order valence-electron chi connectivity index (χ1n) is 5.25. The number of anilines is 1. The fourth-order valence-electron chi connectivity index (χ4n) is 1.42. The van der Waals surface area contributed by atoms with Gasteiger partial charge in [0.2, 0.25) is 5.91 Å². The molecule has 0 fully saturated rings. The summed E-state index contributed by atoms with van der Waals surface area (Å²) in [6.45, 7) is 0.335. The van der Waals surface area contributed by atoms with Gasteiger partial charge >= 0.3 is 0 Å². The van der Waals surface area contributed by atoms with Gasteiger partial charge < -0.3 is 11.1 Å². The molecule has 0 saturated heterocycles. The van der Waals surface area contributed by atoms with Crippen molar-refractivity contribution in [1.29, 1.82) is 0 Å². The van der Waals surface area contributed by atoms with E-state index in [0.29, 0.717) is 12.2 Å². The minimum Gasteiger partial charge on any atom is -0.377 e. The van der Waals surface area contributed by atoms with Crippen LogP contribution in [0.15, 0.2) is 36.8 Å². The van der Waals surface area contributed by atoms with Crippen molar-refractivity contribution in [2.45, 2.75) is 6.54 Å². The Morgan fingerprint density at radius 3 is 2.89 bits per heavy atom. The zero-order valence-electron chi connectivity index (χ0n) is 9.43.